The number of aliphatic hydroxyl groups is 1. The van der Waals surface area contributed by atoms with Gasteiger partial charge in [-0.05, 0) is 49.1 Å². The normalized spacial score (nSPS) is 13.0. The summed E-state index contributed by atoms with van der Waals surface area (Å²) in [5, 5.41) is 25.7. The number of carbonyl (C=O) groups is 2. The highest BCUT2D eigenvalue weighted by molar-refractivity contribution is 5.78. The molecular formula is C21H26N2O4. The zero-order valence-corrected chi connectivity index (χ0v) is 15.6. The molecule has 2 aromatic rings. The van der Waals surface area contributed by atoms with E-state index in [1.54, 1.807) is 19.1 Å². The van der Waals surface area contributed by atoms with Crippen LogP contribution >= 0.6 is 0 Å². The zero-order valence-electron chi connectivity index (χ0n) is 15.6. The molecule has 1 amide bonds. The van der Waals surface area contributed by atoms with Crippen molar-refractivity contribution in [2.45, 2.75) is 38.8 Å². The van der Waals surface area contributed by atoms with E-state index in [9.17, 15) is 19.8 Å². The molecule has 2 aromatic carbocycles. The van der Waals surface area contributed by atoms with Gasteiger partial charge in [-0.3, -0.25) is 9.59 Å². The van der Waals surface area contributed by atoms with Gasteiger partial charge in [-0.15, -0.1) is 0 Å². The van der Waals surface area contributed by atoms with Gasteiger partial charge in [-0.1, -0.05) is 30.3 Å². The van der Waals surface area contributed by atoms with Crippen LogP contribution in [0.25, 0.3) is 0 Å². The highest BCUT2D eigenvalue weighted by Gasteiger charge is 2.12. The molecule has 0 aliphatic carbocycles. The summed E-state index contributed by atoms with van der Waals surface area (Å²) in [5.74, 6) is 0.0867. The first-order valence-corrected chi connectivity index (χ1v) is 8.91. The molecule has 0 radical (unpaired) electrons. The molecule has 0 unspecified atom stereocenters. The average molecular weight is 370 g/mol. The minimum atomic E-state index is -0.774. The number of amides is 1. The second-order valence-corrected chi connectivity index (χ2v) is 6.77. The van der Waals surface area contributed by atoms with Crippen molar-refractivity contribution in [1.29, 1.82) is 0 Å². The van der Waals surface area contributed by atoms with E-state index in [0.717, 1.165) is 17.5 Å². The minimum absolute atomic E-state index is 0.0511. The second kappa shape index (κ2) is 9.85. The van der Waals surface area contributed by atoms with Crippen LogP contribution in [0.3, 0.4) is 0 Å². The molecule has 0 heterocycles. The van der Waals surface area contributed by atoms with Gasteiger partial charge in [-0.25, -0.2) is 0 Å². The van der Waals surface area contributed by atoms with Crippen molar-refractivity contribution < 1.29 is 19.8 Å². The molecule has 2 atom stereocenters. The molecule has 27 heavy (non-hydrogen) atoms. The Balaban J connectivity index is 1.91. The number of hydrogen-bond donors (Lipinski definition) is 4. The van der Waals surface area contributed by atoms with Crippen LogP contribution in [0.2, 0.25) is 0 Å². The number of aromatic hydroxyl groups is 1. The Hall–Kier alpha value is -2.70. The largest absolute Gasteiger partial charge is 0.506 e. The van der Waals surface area contributed by atoms with Gasteiger partial charge in [0.05, 0.1) is 11.8 Å². The molecule has 0 aromatic heterocycles. The first kappa shape index (κ1) is 20.6. The van der Waals surface area contributed by atoms with Crippen molar-refractivity contribution >= 4 is 17.9 Å². The number of rotatable bonds is 10. The Morgan fingerprint density at radius 3 is 2.63 bits per heavy atom. The van der Waals surface area contributed by atoms with Gasteiger partial charge in [0, 0.05) is 19.0 Å². The van der Waals surface area contributed by atoms with Crippen LogP contribution in [0.5, 0.6) is 5.75 Å². The lowest BCUT2D eigenvalue weighted by atomic mass is 10.0. The second-order valence-electron chi connectivity index (χ2n) is 6.77. The van der Waals surface area contributed by atoms with E-state index < -0.39 is 6.10 Å². The number of hydrogen-bond acceptors (Lipinski definition) is 5. The van der Waals surface area contributed by atoms with Crippen LogP contribution in [0, 0.1) is 0 Å². The van der Waals surface area contributed by atoms with Gasteiger partial charge < -0.3 is 20.8 Å². The van der Waals surface area contributed by atoms with Crippen LogP contribution in [0.4, 0.5) is 5.69 Å². The highest BCUT2D eigenvalue weighted by Crippen LogP contribution is 2.26. The molecule has 2 rings (SSSR count). The first-order chi connectivity index (χ1) is 12.9. The van der Waals surface area contributed by atoms with E-state index in [2.05, 4.69) is 10.6 Å². The summed E-state index contributed by atoms with van der Waals surface area (Å²) in [4.78, 5) is 21.8. The van der Waals surface area contributed by atoms with E-state index in [4.69, 9.17) is 0 Å². The lowest BCUT2D eigenvalue weighted by molar-refractivity contribution is -0.116. The molecule has 0 fully saturated rings. The fraction of sp³-hybridized carbons (Fsp3) is 0.333. The molecule has 6 heteroatoms. The molecule has 0 saturated carbocycles. The highest BCUT2D eigenvalue weighted by atomic mass is 16.3. The molecule has 0 spiro atoms. The Morgan fingerprint density at radius 2 is 1.93 bits per heavy atom. The maximum Gasteiger partial charge on any atom is 0.211 e. The summed E-state index contributed by atoms with van der Waals surface area (Å²) in [6.07, 6.45) is 0.911. The average Bonchev–Trinajstić information content (AvgIpc) is 2.61. The van der Waals surface area contributed by atoms with Crippen molar-refractivity contribution in [3.8, 4) is 5.75 Å². The van der Waals surface area contributed by atoms with Gasteiger partial charge in [-0.2, -0.15) is 0 Å². The molecule has 0 saturated heterocycles. The molecule has 0 aliphatic rings. The minimum Gasteiger partial charge on any atom is -0.506 e. The molecule has 144 valence electrons. The predicted octanol–water partition coefficient (Wildman–Crippen LogP) is 2.35. The Morgan fingerprint density at radius 1 is 1.19 bits per heavy atom. The van der Waals surface area contributed by atoms with E-state index in [1.807, 2.05) is 31.2 Å². The third-order valence-electron chi connectivity index (χ3n) is 4.27. The van der Waals surface area contributed by atoms with E-state index in [1.165, 1.54) is 6.07 Å². The van der Waals surface area contributed by atoms with Crippen molar-refractivity contribution in [2.75, 3.05) is 11.9 Å². The number of carbonyl (C=O) groups excluding carboxylic acids is 2. The number of phenols is 1. The first-order valence-electron chi connectivity index (χ1n) is 8.91. The lowest BCUT2D eigenvalue weighted by Gasteiger charge is -2.18. The summed E-state index contributed by atoms with van der Waals surface area (Å²) in [5.41, 5.74) is 2.99. The Labute approximate surface area is 159 Å². The monoisotopic (exact) mass is 370 g/mol. The zero-order chi connectivity index (χ0) is 19.8. The molecular weight excluding hydrogens is 344 g/mol. The van der Waals surface area contributed by atoms with Crippen molar-refractivity contribution in [3.05, 3.63) is 59.2 Å². The number of benzene rings is 2. The predicted molar refractivity (Wildman–Crippen MR) is 105 cm³/mol. The van der Waals surface area contributed by atoms with Gasteiger partial charge in [0.1, 0.15) is 11.5 Å². The van der Waals surface area contributed by atoms with Crippen molar-refractivity contribution in [1.82, 2.24) is 5.32 Å². The van der Waals surface area contributed by atoms with Crippen LogP contribution in [0.1, 0.15) is 36.6 Å². The number of aliphatic hydroxyl groups excluding tert-OH is 1. The SMILES string of the molecule is CC(=O)Cc1cccc(C[C@@H](C)NC[C@H](O)c2ccc(O)c(NC=O)c2)c1. The van der Waals surface area contributed by atoms with E-state index in [-0.39, 0.29) is 23.3 Å². The van der Waals surface area contributed by atoms with Crippen LogP contribution in [-0.2, 0) is 22.4 Å². The van der Waals surface area contributed by atoms with Gasteiger partial charge in [0.2, 0.25) is 6.41 Å². The van der Waals surface area contributed by atoms with Crippen LogP contribution in [0.15, 0.2) is 42.5 Å². The molecule has 4 N–H and O–H groups in total. The lowest BCUT2D eigenvalue weighted by Crippen LogP contribution is -2.32. The van der Waals surface area contributed by atoms with E-state index >= 15 is 0 Å². The number of phenolic OH excluding ortho intramolecular Hbond substituents is 1. The van der Waals surface area contributed by atoms with E-state index in [0.29, 0.717) is 24.9 Å². The van der Waals surface area contributed by atoms with Crippen molar-refractivity contribution in [3.63, 3.8) is 0 Å². The van der Waals surface area contributed by atoms with Gasteiger partial charge in [0.25, 0.3) is 0 Å². The Bertz CT molecular complexity index is 792. The third-order valence-corrected chi connectivity index (χ3v) is 4.27. The van der Waals surface area contributed by atoms with Crippen LogP contribution < -0.4 is 10.6 Å². The summed E-state index contributed by atoms with van der Waals surface area (Å²) < 4.78 is 0. The number of nitrogens with one attached hydrogen (secondary N) is 2. The number of ketones is 1. The van der Waals surface area contributed by atoms with Gasteiger partial charge in [0.15, 0.2) is 0 Å². The summed E-state index contributed by atoms with van der Waals surface area (Å²) >= 11 is 0. The quantitative estimate of drug-likeness (QED) is 0.380. The molecule has 0 bridgehead atoms. The summed E-state index contributed by atoms with van der Waals surface area (Å²) in [7, 11) is 0. The maximum atomic E-state index is 11.3. The number of Topliss-reactive ketones (excluding diaryl/α,β-unsaturated/α-hetero) is 1. The summed E-state index contributed by atoms with van der Waals surface area (Å²) in [6.45, 7) is 3.94. The fourth-order valence-corrected chi connectivity index (χ4v) is 2.95. The Kier molecular flexibility index (Phi) is 7.52. The molecule has 6 nitrogen and oxygen atoms in total. The summed E-state index contributed by atoms with van der Waals surface area (Å²) in [6, 6.07) is 12.7. The topological polar surface area (TPSA) is 98.7 Å². The number of anilines is 1. The maximum absolute atomic E-state index is 11.3. The standard InChI is InChI=1S/C21H26N2O4/c1-14(8-16-4-3-5-17(10-16)9-15(2)25)22-12-21(27)18-6-7-20(26)19(11-18)23-13-24/h3-7,10-11,13-14,21-22,26-27H,8-9,12H2,1-2H3,(H,23,24)/t14-,21+/m1/s1. The van der Waals surface area contributed by atoms with Crippen molar-refractivity contribution in [2.24, 2.45) is 0 Å². The third kappa shape index (κ3) is 6.51. The molecule has 0 aliphatic heterocycles. The van der Waals surface area contributed by atoms with Crippen LogP contribution in [-0.4, -0.2) is 35.0 Å². The smallest absolute Gasteiger partial charge is 0.211 e. The van der Waals surface area contributed by atoms with Gasteiger partial charge >= 0.3 is 0 Å². The fourth-order valence-electron chi connectivity index (χ4n) is 2.95.